The average Bonchev–Trinajstić information content (AvgIpc) is 4.16. The minimum atomic E-state index is -4.46. The van der Waals surface area contributed by atoms with E-state index in [1.807, 2.05) is 129 Å². The molecule has 0 N–H and O–H groups in total. The van der Waals surface area contributed by atoms with Crippen molar-refractivity contribution in [1.29, 1.82) is 0 Å². The number of alkyl halides is 3. The normalized spacial score (nSPS) is 10.7. The summed E-state index contributed by atoms with van der Waals surface area (Å²) in [4.78, 5) is 3.87. The molecule has 6 aromatic carbocycles. The summed E-state index contributed by atoms with van der Waals surface area (Å²) in [6.07, 6.45) is 3.87. The van der Waals surface area contributed by atoms with Gasteiger partial charge in [-0.25, -0.2) is 0 Å². The number of benzene rings is 6. The molecule has 0 unspecified atom stereocenters. The van der Waals surface area contributed by atoms with Gasteiger partial charge in [0.25, 0.3) is 0 Å². The van der Waals surface area contributed by atoms with Gasteiger partial charge in [0.05, 0.1) is 65.3 Å². The van der Waals surface area contributed by atoms with Gasteiger partial charge >= 0.3 is 6.18 Å². The SMILES string of the molecule is COc1c[c-]c(-n2[c-][n+](C)c(-c3ccccc3)c2-c2ccccc2)c(OC)c1.COc1c[c-]c(-n2[c-][n+](C)c(-c3ccccc3)c2-c2ccccc2)c(OC)c1.FC(F)(F)c1cc(-c2ccccn2)[n-]n1.[Ir]. The summed E-state index contributed by atoms with van der Waals surface area (Å²) in [5.74, 6) is 2.73. The number of hydrogen-bond acceptors (Lipinski definition) is 6. The van der Waals surface area contributed by atoms with Crippen LogP contribution in [-0.2, 0) is 40.4 Å². The first-order chi connectivity index (χ1) is 34.5. The Morgan fingerprint density at radius 1 is 0.528 bits per heavy atom. The van der Waals surface area contributed by atoms with Gasteiger partial charge in [-0.15, -0.1) is 12.1 Å². The van der Waals surface area contributed by atoms with Gasteiger partial charge in [-0.1, -0.05) is 145 Å². The molecular weight excluding hydrogens is 1100 g/mol. The molecule has 4 heterocycles. The smallest absolute Gasteiger partial charge is 0.431 e. The third kappa shape index (κ3) is 11.5. The fourth-order valence-corrected chi connectivity index (χ4v) is 7.80. The zero-order valence-electron chi connectivity index (χ0n) is 40.0. The van der Waals surface area contributed by atoms with E-state index in [1.54, 1.807) is 46.6 Å². The van der Waals surface area contributed by atoms with Crippen molar-refractivity contribution in [1.82, 2.24) is 24.3 Å². The molecule has 367 valence electrons. The third-order valence-corrected chi connectivity index (χ3v) is 11.1. The molecule has 0 aliphatic carbocycles. The van der Waals surface area contributed by atoms with E-state index in [0.717, 1.165) is 62.5 Å². The Bertz CT molecular complexity index is 3140. The molecule has 0 amide bonds. The molecule has 15 heteroatoms. The Balaban J connectivity index is 0.000000165. The van der Waals surface area contributed by atoms with Crippen LogP contribution in [0.3, 0.4) is 0 Å². The van der Waals surface area contributed by atoms with Crippen molar-refractivity contribution in [2.24, 2.45) is 14.1 Å². The maximum absolute atomic E-state index is 12.2. The van der Waals surface area contributed by atoms with Crippen molar-refractivity contribution in [3.05, 3.63) is 207 Å². The van der Waals surface area contributed by atoms with Crippen molar-refractivity contribution in [3.63, 3.8) is 0 Å². The number of aryl methyl sites for hydroxylation is 2. The van der Waals surface area contributed by atoms with Crippen LogP contribution in [0.1, 0.15) is 5.69 Å². The van der Waals surface area contributed by atoms with E-state index in [9.17, 15) is 13.2 Å². The van der Waals surface area contributed by atoms with Crippen molar-refractivity contribution in [3.8, 4) is 90.8 Å². The monoisotopic (exact) mass is 1140 g/mol. The minimum absolute atomic E-state index is 0. The first-order valence-electron chi connectivity index (χ1n) is 22.1. The van der Waals surface area contributed by atoms with Gasteiger partial charge in [-0.3, -0.25) is 4.98 Å². The van der Waals surface area contributed by atoms with Gasteiger partial charge < -0.3 is 47.4 Å². The molecule has 0 saturated carbocycles. The van der Waals surface area contributed by atoms with E-state index in [1.165, 1.54) is 6.20 Å². The molecule has 11 nitrogen and oxygen atoms in total. The molecule has 0 atom stereocenters. The minimum Gasteiger partial charge on any atom is -0.573 e. The van der Waals surface area contributed by atoms with E-state index >= 15 is 0 Å². The molecular formula is C57H47F3IrN7O4-3. The summed E-state index contributed by atoms with van der Waals surface area (Å²) < 4.78 is 66.5. The predicted octanol–water partition coefficient (Wildman–Crippen LogP) is 10.6. The molecule has 0 spiro atoms. The fraction of sp³-hybridized carbons (Fsp3) is 0.123. The number of halogens is 3. The van der Waals surface area contributed by atoms with Crippen molar-refractivity contribution < 1.29 is 61.4 Å². The zero-order valence-corrected chi connectivity index (χ0v) is 42.4. The number of nitrogens with zero attached hydrogens (tertiary/aromatic N) is 7. The molecule has 1 radical (unpaired) electrons. The zero-order chi connectivity index (χ0) is 49.9. The van der Waals surface area contributed by atoms with Crippen molar-refractivity contribution in [2.45, 2.75) is 6.18 Å². The third-order valence-electron chi connectivity index (χ3n) is 11.1. The largest absolute Gasteiger partial charge is 0.573 e. The standard InChI is InChI=1S/2C24H21N2O2.C9H5F3N3.Ir/c2*1-25-17-26(21-15-14-20(27-2)16-22(21)28-3)24(19-12-8-5-9-13-19)23(25)18-10-6-4-7-11-18;10-9(11,12)8-5-7(14-15-8)6-3-1-2-4-13-6;/h2*4-14,16H,1-3H3;1-5H;/q3*-1;. The summed E-state index contributed by atoms with van der Waals surface area (Å²) in [6, 6.07) is 60.9. The van der Waals surface area contributed by atoms with Gasteiger partial charge in [0, 0.05) is 55.0 Å². The molecule has 10 aromatic rings. The Kier molecular flexibility index (Phi) is 16.9. The Labute approximate surface area is 429 Å². The number of hydrogen-bond donors (Lipinski definition) is 0. The van der Waals surface area contributed by atoms with Crippen LogP contribution in [0.15, 0.2) is 176 Å². The van der Waals surface area contributed by atoms with E-state index in [2.05, 4.69) is 88.5 Å². The Morgan fingerprint density at radius 2 is 0.931 bits per heavy atom. The molecule has 0 fully saturated rings. The second kappa shape index (κ2) is 23.6. The predicted molar refractivity (Wildman–Crippen MR) is 263 cm³/mol. The quantitative estimate of drug-likeness (QED) is 0.0941. The van der Waals surface area contributed by atoms with E-state index in [0.29, 0.717) is 28.7 Å². The van der Waals surface area contributed by atoms with Crippen LogP contribution >= 0.6 is 0 Å². The van der Waals surface area contributed by atoms with Crippen LogP contribution in [0, 0.1) is 24.8 Å². The summed E-state index contributed by atoms with van der Waals surface area (Å²) >= 11 is 0. The van der Waals surface area contributed by atoms with Gasteiger partial charge in [-0.05, 0) is 51.8 Å². The van der Waals surface area contributed by atoms with Crippen LogP contribution in [0.5, 0.6) is 23.0 Å². The van der Waals surface area contributed by atoms with E-state index in [-0.39, 0.29) is 25.8 Å². The molecule has 0 aliphatic heterocycles. The Morgan fingerprint density at radius 3 is 1.28 bits per heavy atom. The molecule has 0 bridgehead atoms. The van der Waals surface area contributed by atoms with Crippen molar-refractivity contribution >= 4 is 0 Å². The summed E-state index contributed by atoms with van der Waals surface area (Å²) in [5, 5.41) is 6.47. The maximum atomic E-state index is 12.2. The van der Waals surface area contributed by atoms with Crippen LogP contribution in [0.25, 0.3) is 67.8 Å². The number of imidazole rings is 2. The number of aromatic nitrogens is 7. The van der Waals surface area contributed by atoms with Crippen LogP contribution < -0.4 is 33.2 Å². The van der Waals surface area contributed by atoms with E-state index in [4.69, 9.17) is 18.9 Å². The number of ether oxygens (including phenoxy) is 4. The maximum Gasteiger partial charge on any atom is 0.431 e. The second-order valence-corrected chi connectivity index (χ2v) is 15.6. The van der Waals surface area contributed by atoms with Crippen LogP contribution in [0.4, 0.5) is 13.2 Å². The first-order valence-corrected chi connectivity index (χ1v) is 22.1. The van der Waals surface area contributed by atoms with E-state index < -0.39 is 11.9 Å². The summed E-state index contributed by atoms with van der Waals surface area (Å²) in [5.41, 5.74) is 9.65. The van der Waals surface area contributed by atoms with Gasteiger partial charge in [-0.2, -0.15) is 25.3 Å². The molecule has 72 heavy (non-hydrogen) atoms. The molecule has 0 saturated heterocycles. The van der Waals surface area contributed by atoms with Gasteiger partial charge in [0.15, 0.2) is 0 Å². The topological polar surface area (TPSA) is 94.4 Å². The van der Waals surface area contributed by atoms with Gasteiger partial charge in [0.1, 0.15) is 5.69 Å². The first kappa shape index (κ1) is 51.6. The van der Waals surface area contributed by atoms with Crippen molar-refractivity contribution in [2.75, 3.05) is 28.4 Å². The molecule has 0 aliphatic rings. The number of rotatable bonds is 11. The molecule has 10 rings (SSSR count). The molecule has 4 aromatic heterocycles. The summed E-state index contributed by atoms with van der Waals surface area (Å²) in [6.45, 7) is 0. The second-order valence-electron chi connectivity index (χ2n) is 15.6. The van der Waals surface area contributed by atoms with Crippen LogP contribution in [0.2, 0.25) is 0 Å². The Hall–Kier alpha value is -8.26. The number of methoxy groups -OCH3 is 4. The summed E-state index contributed by atoms with van der Waals surface area (Å²) in [7, 11) is 10.6. The average molecular weight is 1140 g/mol. The van der Waals surface area contributed by atoms with Gasteiger partial charge in [0.2, 0.25) is 12.7 Å². The number of pyridine rings is 1. The fourth-order valence-electron chi connectivity index (χ4n) is 7.80. The van der Waals surface area contributed by atoms with Crippen LogP contribution in [-0.4, -0.2) is 47.7 Å².